The molecule has 0 amide bonds. The highest BCUT2D eigenvalue weighted by molar-refractivity contribution is 5.43. The molecule has 1 rings (SSSR count). The second-order valence-corrected chi connectivity index (χ2v) is 2.61. The molecule has 0 bridgehead atoms. The maximum atomic E-state index is 13.2. The second kappa shape index (κ2) is 3.49. The Hall–Kier alpha value is -1.49. The van der Waals surface area contributed by atoms with E-state index < -0.39 is 17.3 Å². The Labute approximate surface area is 73.8 Å². The van der Waals surface area contributed by atoms with Crippen LogP contribution in [0.15, 0.2) is 12.1 Å². The summed E-state index contributed by atoms with van der Waals surface area (Å²) in [5.74, 6) is -0.711. The van der Waals surface area contributed by atoms with Crippen molar-refractivity contribution in [2.45, 2.75) is 13.5 Å². The minimum Gasteiger partial charge on any atom is -0.391 e. The lowest BCUT2D eigenvalue weighted by Crippen LogP contribution is -2.00. The highest BCUT2D eigenvalue weighted by Crippen LogP contribution is 2.23. The van der Waals surface area contributed by atoms with Crippen LogP contribution in [0.2, 0.25) is 0 Å². The third kappa shape index (κ3) is 1.65. The van der Waals surface area contributed by atoms with Crippen LogP contribution < -0.4 is 0 Å². The fourth-order valence-corrected chi connectivity index (χ4v) is 1.05. The number of nitrogens with zero attached hydrogens (tertiary/aromatic N) is 1. The molecule has 1 N–H and O–H groups in total. The van der Waals surface area contributed by atoms with Gasteiger partial charge in [0.15, 0.2) is 0 Å². The van der Waals surface area contributed by atoms with Crippen molar-refractivity contribution in [1.29, 1.82) is 0 Å². The van der Waals surface area contributed by atoms with E-state index in [0.717, 1.165) is 0 Å². The van der Waals surface area contributed by atoms with Crippen LogP contribution >= 0.6 is 0 Å². The average Bonchev–Trinajstić information content (AvgIpc) is 2.09. The van der Waals surface area contributed by atoms with E-state index in [-0.39, 0.29) is 16.8 Å². The van der Waals surface area contributed by atoms with Crippen molar-refractivity contribution >= 4 is 5.69 Å². The Morgan fingerprint density at radius 1 is 1.62 bits per heavy atom. The Balaban J connectivity index is 3.38. The molecule has 1 aromatic rings. The van der Waals surface area contributed by atoms with Crippen LogP contribution in [0.3, 0.4) is 0 Å². The van der Waals surface area contributed by atoms with E-state index in [9.17, 15) is 14.5 Å². The van der Waals surface area contributed by atoms with Gasteiger partial charge in [-0.3, -0.25) is 10.1 Å². The number of aliphatic hydroxyl groups is 1. The molecule has 13 heavy (non-hydrogen) atoms. The van der Waals surface area contributed by atoms with Gasteiger partial charge in [-0.15, -0.1) is 0 Å². The van der Waals surface area contributed by atoms with Gasteiger partial charge in [0, 0.05) is 6.07 Å². The van der Waals surface area contributed by atoms with Gasteiger partial charge >= 0.3 is 0 Å². The van der Waals surface area contributed by atoms with Gasteiger partial charge in [0.05, 0.1) is 17.1 Å². The fraction of sp³-hybridized carbons (Fsp3) is 0.250. The van der Waals surface area contributed by atoms with Gasteiger partial charge in [-0.2, -0.15) is 0 Å². The quantitative estimate of drug-likeness (QED) is 0.561. The van der Waals surface area contributed by atoms with Crippen molar-refractivity contribution in [3.8, 4) is 0 Å². The van der Waals surface area contributed by atoms with Crippen molar-refractivity contribution in [3.05, 3.63) is 39.2 Å². The molecule has 0 fully saturated rings. The Bertz CT molecular complexity index is 351. The van der Waals surface area contributed by atoms with E-state index in [0.29, 0.717) is 0 Å². The van der Waals surface area contributed by atoms with Gasteiger partial charge in [0.25, 0.3) is 5.69 Å². The van der Waals surface area contributed by atoms with Gasteiger partial charge in [-0.25, -0.2) is 4.39 Å². The molecule has 1 aromatic carbocycles. The zero-order valence-corrected chi connectivity index (χ0v) is 6.95. The minimum absolute atomic E-state index is 0.259. The van der Waals surface area contributed by atoms with Crippen LogP contribution in [0.4, 0.5) is 10.1 Å². The smallest absolute Gasteiger partial charge is 0.277 e. The second-order valence-electron chi connectivity index (χ2n) is 2.61. The Morgan fingerprint density at radius 2 is 2.23 bits per heavy atom. The standard InChI is InChI=1S/C8H8FNO3/c1-5-2-3-7(10(12)13)6(4-11)8(5)9/h2-3,11H,4H2,1H3. The summed E-state index contributed by atoms with van der Waals surface area (Å²) in [7, 11) is 0. The summed E-state index contributed by atoms with van der Waals surface area (Å²) in [6.45, 7) is 0.821. The first-order valence-electron chi connectivity index (χ1n) is 3.61. The number of benzene rings is 1. The molecule has 0 radical (unpaired) electrons. The van der Waals surface area contributed by atoms with Gasteiger partial charge in [-0.05, 0) is 18.6 Å². The third-order valence-electron chi connectivity index (χ3n) is 1.77. The van der Waals surface area contributed by atoms with Crippen LogP contribution in [-0.2, 0) is 6.61 Å². The van der Waals surface area contributed by atoms with Crippen molar-refractivity contribution in [1.82, 2.24) is 0 Å². The molecule has 0 unspecified atom stereocenters. The van der Waals surface area contributed by atoms with E-state index in [2.05, 4.69) is 0 Å². The van der Waals surface area contributed by atoms with Crippen LogP contribution in [-0.4, -0.2) is 10.0 Å². The first kappa shape index (κ1) is 9.60. The molecule has 70 valence electrons. The Morgan fingerprint density at radius 3 is 2.69 bits per heavy atom. The van der Waals surface area contributed by atoms with Crippen molar-refractivity contribution in [2.75, 3.05) is 0 Å². The third-order valence-corrected chi connectivity index (χ3v) is 1.77. The van der Waals surface area contributed by atoms with Crippen LogP contribution in [0.25, 0.3) is 0 Å². The highest BCUT2D eigenvalue weighted by Gasteiger charge is 2.18. The van der Waals surface area contributed by atoms with Gasteiger partial charge in [0.2, 0.25) is 0 Å². The minimum atomic E-state index is -0.714. The molecule has 0 aliphatic rings. The van der Waals surface area contributed by atoms with Crippen molar-refractivity contribution in [2.24, 2.45) is 0 Å². The molecule has 0 heterocycles. The SMILES string of the molecule is Cc1ccc([N+](=O)[O-])c(CO)c1F. The molecule has 0 saturated carbocycles. The van der Waals surface area contributed by atoms with E-state index in [1.165, 1.54) is 19.1 Å². The predicted molar refractivity (Wildman–Crippen MR) is 43.7 cm³/mol. The maximum absolute atomic E-state index is 13.2. The van der Waals surface area contributed by atoms with E-state index in [4.69, 9.17) is 5.11 Å². The van der Waals surface area contributed by atoms with Gasteiger partial charge < -0.3 is 5.11 Å². The first-order valence-corrected chi connectivity index (χ1v) is 3.61. The first-order chi connectivity index (χ1) is 6.07. The van der Waals surface area contributed by atoms with E-state index in [1.54, 1.807) is 0 Å². The molecule has 0 aromatic heterocycles. The molecule has 5 heteroatoms. The zero-order valence-electron chi connectivity index (χ0n) is 6.95. The maximum Gasteiger partial charge on any atom is 0.277 e. The van der Waals surface area contributed by atoms with Crippen LogP contribution in [0.1, 0.15) is 11.1 Å². The monoisotopic (exact) mass is 185 g/mol. The molecule has 0 aliphatic carbocycles. The number of nitro benzene ring substituents is 1. The highest BCUT2D eigenvalue weighted by atomic mass is 19.1. The normalized spacial score (nSPS) is 10.1. The number of hydrogen-bond donors (Lipinski definition) is 1. The summed E-state index contributed by atoms with van der Waals surface area (Å²) in [5, 5.41) is 19.1. The largest absolute Gasteiger partial charge is 0.391 e. The predicted octanol–water partition coefficient (Wildman–Crippen LogP) is 1.53. The number of hydrogen-bond acceptors (Lipinski definition) is 3. The van der Waals surface area contributed by atoms with E-state index in [1.807, 2.05) is 0 Å². The Kier molecular flexibility index (Phi) is 2.57. The van der Waals surface area contributed by atoms with Crippen molar-refractivity contribution in [3.63, 3.8) is 0 Å². The van der Waals surface area contributed by atoms with E-state index >= 15 is 0 Å². The lowest BCUT2D eigenvalue weighted by molar-refractivity contribution is -0.386. The molecule has 0 spiro atoms. The number of rotatable bonds is 2. The lowest BCUT2D eigenvalue weighted by Gasteiger charge is -2.02. The lowest BCUT2D eigenvalue weighted by atomic mass is 10.1. The molecular formula is C8H8FNO3. The van der Waals surface area contributed by atoms with Crippen LogP contribution in [0.5, 0.6) is 0 Å². The van der Waals surface area contributed by atoms with Gasteiger partial charge in [0.1, 0.15) is 5.82 Å². The van der Waals surface area contributed by atoms with Gasteiger partial charge in [-0.1, -0.05) is 0 Å². The summed E-state index contributed by atoms with van der Waals surface area (Å²) in [5.41, 5.74) is -0.356. The van der Waals surface area contributed by atoms with Crippen molar-refractivity contribution < 1.29 is 14.4 Å². The molecule has 0 atom stereocenters. The molecule has 0 saturated heterocycles. The summed E-state index contributed by atoms with van der Waals surface area (Å²) in [6, 6.07) is 2.50. The summed E-state index contributed by atoms with van der Waals surface area (Å²) in [6.07, 6.45) is 0. The molecular weight excluding hydrogens is 177 g/mol. The number of aliphatic hydroxyl groups excluding tert-OH is 1. The fourth-order valence-electron chi connectivity index (χ4n) is 1.05. The summed E-state index contributed by atoms with van der Waals surface area (Å²) in [4.78, 5) is 9.66. The van der Waals surface area contributed by atoms with Crippen LogP contribution in [0, 0.1) is 22.9 Å². The summed E-state index contributed by atoms with van der Waals surface area (Å²) >= 11 is 0. The average molecular weight is 185 g/mol. The summed E-state index contributed by atoms with van der Waals surface area (Å²) < 4.78 is 13.2. The number of nitro groups is 1. The molecule has 4 nitrogen and oxygen atoms in total. The number of halogens is 1. The topological polar surface area (TPSA) is 63.4 Å². The molecule has 0 aliphatic heterocycles. The zero-order chi connectivity index (χ0) is 10.0. The number of aryl methyl sites for hydroxylation is 1.